The van der Waals surface area contributed by atoms with Crippen molar-refractivity contribution in [3.63, 3.8) is 0 Å². The molecule has 1 N–H and O–H groups in total. The minimum Gasteiger partial charge on any atom is -0.392 e. The molecule has 0 aliphatic carbocycles. The number of rotatable bonds is 6. The molecule has 0 bridgehead atoms. The second-order valence-corrected chi connectivity index (χ2v) is 4.35. The van der Waals surface area contributed by atoms with Crippen molar-refractivity contribution >= 4 is 5.69 Å². The molecule has 0 saturated heterocycles. The van der Waals surface area contributed by atoms with Gasteiger partial charge in [0, 0.05) is 19.3 Å². The van der Waals surface area contributed by atoms with Crippen molar-refractivity contribution in [3.05, 3.63) is 42.0 Å². The van der Waals surface area contributed by atoms with Gasteiger partial charge in [-0.25, -0.2) is 0 Å². The maximum atomic E-state index is 12.8. The van der Waals surface area contributed by atoms with Crippen molar-refractivity contribution in [2.45, 2.75) is 25.6 Å². The molecule has 1 aromatic carbocycles. The molecular formula is C14H18F3NO. The van der Waals surface area contributed by atoms with Crippen LogP contribution in [0.25, 0.3) is 0 Å². The van der Waals surface area contributed by atoms with Gasteiger partial charge < -0.3 is 10.0 Å². The van der Waals surface area contributed by atoms with Gasteiger partial charge in [-0.3, -0.25) is 0 Å². The van der Waals surface area contributed by atoms with Crippen LogP contribution in [0.4, 0.5) is 18.9 Å². The number of alkyl halides is 3. The zero-order valence-electron chi connectivity index (χ0n) is 10.9. The van der Waals surface area contributed by atoms with Gasteiger partial charge >= 0.3 is 6.18 Å². The molecule has 1 aromatic rings. The molecule has 0 atom stereocenters. The van der Waals surface area contributed by atoms with Crippen LogP contribution >= 0.6 is 0 Å². The zero-order valence-corrected chi connectivity index (χ0v) is 10.9. The van der Waals surface area contributed by atoms with Crippen LogP contribution in [0.3, 0.4) is 0 Å². The molecule has 0 saturated carbocycles. The van der Waals surface area contributed by atoms with E-state index in [9.17, 15) is 13.2 Å². The van der Waals surface area contributed by atoms with Crippen molar-refractivity contribution in [1.82, 2.24) is 0 Å². The predicted octanol–water partition coefficient (Wildman–Crippen LogP) is 3.60. The van der Waals surface area contributed by atoms with E-state index >= 15 is 0 Å². The number of hydrogen-bond donors (Lipinski definition) is 1. The Balaban J connectivity index is 2.94. The summed E-state index contributed by atoms with van der Waals surface area (Å²) in [6, 6.07) is 4.00. The third-order valence-electron chi connectivity index (χ3n) is 2.91. The van der Waals surface area contributed by atoms with Crippen molar-refractivity contribution in [2.24, 2.45) is 0 Å². The molecule has 0 spiro atoms. The number of nitrogens with zero attached hydrogens (tertiary/aromatic N) is 1. The van der Waals surface area contributed by atoms with Crippen LogP contribution in [0, 0.1) is 0 Å². The average molecular weight is 273 g/mol. The van der Waals surface area contributed by atoms with E-state index < -0.39 is 18.3 Å². The molecule has 0 aliphatic rings. The standard InChI is InChI=1S/C14H18F3NO/c1-3-4-5-8-18(2)12-7-6-11(10-19)13(9-12)14(15,16)17/h3,6-7,9,19H,1,4-5,8,10H2,2H3. The first-order chi connectivity index (χ1) is 8.90. The third kappa shape index (κ3) is 4.28. The molecule has 0 unspecified atom stereocenters. The Morgan fingerprint density at radius 3 is 2.58 bits per heavy atom. The molecule has 0 radical (unpaired) electrons. The Kier molecular flexibility index (Phi) is 5.42. The summed E-state index contributed by atoms with van der Waals surface area (Å²) in [5.74, 6) is 0. The summed E-state index contributed by atoms with van der Waals surface area (Å²) in [4.78, 5) is 1.76. The van der Waals surface area contributed by atoms with E-state index in [1.807, 2.05) is 0 Å². The minimum absolute atomic E-state index is 0.101. The lowest BCUT2D eigenvalue weighted by atomic mass is 10.1. The van der Waals surface area contributed by atoms with E-state index in [1.165, 1.54) is 6.07 Å². The molecule has 0 aromatic heterocycles. The summed E-state index contributed by atoms with van der Waals surface area (Å²) >= 11 is 0. The molecule has 2 nitrogen and oxygen atoms in total. The fourth-order valence-corrected chi connectivity index (χ4v) is 1.81. The van der Waals surface area contributed by atoms with Crippen LogP contribution in [0.5, 0.6) is 0 Å². The predicted molar refractivity (Wildman–Crippen MR) is 70.1 cm³/mol. The maximum Gasteiger partial charge on any atom is 0.416 e. The van der Waals surface area contributed by atoms with E-state index in [-0.39, 0.29) is 5.56 Å². The lowest BCUT2D eigenvalue weighted by Gasteiger charge is -2.21. The average Bonchev–Trinajstić information content (AvgIpc) is 2.37. The summed E-state index contributed by atoms with van der Waals surface area (Å²) in [5.41, 5.74) is -0.382. The lowest BCUT2D eigenvalue weighted by molar-refractivity contribution is -0.138. The third-order valence-corrected chi connectivity index (χ3v) is 2.91. The highest BCUT2D eigenvalue weighted by Crippen LogP contribution is 2.34. The van der Waals surface area contributed by atoms with Gasteiger partial charge in [0.25, 0.3) is 0 Å². The van der Waals surface area contributed by atoms with Gasteiger partial charge in [-0.15, -0.1) is 6.58 Å². The van der Waals surface area contributed by atoms with Crippen molar-refractivity contribution in [3.8, 4) is 0 Å². The largest absolute Gasteiger partial charge is 0.416 e. The normalized spacial score (nSPS) is 11.4. The second-order valence-electron chi connectivity index (χ2n) is 4.35. The molecular weight excluding hydrogens is 255 g/mol. The van der Waals surface area contributed by atoms with Crippen LogP contribution < -0.4 is 4.90 Å². The molecule has 106 valence electrons. The van der Waals surface area contributed by atoms with E-state index in [1.54, 1.807) is 24.1 Å². The highest BCUT2D eigenvalue weighted by atomic mass is 19.4. The Labute approximate surface area is 111 Å². The maximum absolute atomic E-state index is 12.8. The molecule has 0 fully saturated rings. The smallest absolute Gasteiger partial charge is 0.392 e. The number of anilines is 1. The van der Waals surface area contributed by atoms with Crippen LogP contribution in [-0.2, 0) is 12.8 Å². The fraction of sp³-hybridized carbons (Fsp3) is 0.429. The van der Waals surface area contributed by atoms with Gasteiger partial charge in [-0.2, -0.15) is 13.2 Å². The quantitative estimate of drug-likeness (QED) is 0.632. The topological polar surface area (TPSA) is 23.5 Å². The molecule has 5 heteroatoms. The summed E-state index contributed by atoms with van der Waals surface area (Å²) in [7, 11) is 1.75. The Morgan fingerprint density at radius 2 is 2.05 bits per heavy atom. The first-order valence-electron chi connectivity index (χ1n) is 6.03. The van der Waals surface area contributed by atoms with Crippen molar-refractivity contribution in [2.75, 3.05) is 18.5 Å². The van der Waals surface area contributed by atoms with Gasteiger partial charge in [0.15, 0.2) is 0 Å². The SMILES string of the molecule is C=CCCCN(C)c1ccc(CO)c(C(F)(F)F)c1. The van der Waals surface area contributed by atoms with E-state index in [2.05, 4.69) is 6.58 Å². The van der Waals surface area contributed by atoms with Crippen LogP contribution in [0.15, 0.2) is 30.9 Å². The minimum atomic E-state index is -4.45. The molecule has 0 amide bonds. The van der Waals surface area contributed by atoms with Crippen LogP contribution in [0.2, 0.25) is 0 Å². The lowest BCUT2D eigenvalue weighted by Crippen LogP contribution is -2.19. The number of halogens is 3. The van der Waals surface area contributed by atoms with Crippen molar-refractivity contribution < 1.29 is 18.3 Å². The van der Waals surface area contributed by atoms with Gasteiger partial charge in [-0.1, -0.05) is 12.1 Å². The van der Waals surface area contributed by atoms with E-state index in [4.69, 9.17) is 5.11 Å². The Hall–Kier alpha value is -1.49. The van der Waals surface area contributed by atoms with Gasteiger partial charge in [0.05, 0.1) is 12.2 Å². The van der Waals surface area contributed by atoms with E-state index in [0.717, 1.165) is 18.9 Å². The van der Waals surface area contributed by atoms with Crippen LogP contribution in [-0.4, -0.2) is 18.7 Å². The van der Waals surface area contributed by atoms with Gasteiger partial charge in [0.1, 0.15) is 0 Å². The first kappa shape index (κ1) is 15.6. The molecule has 0 heterocycles. The molecule has 1 rings (SSSR count). The zero-order chi connectivity index (χ0) is 14.5. The van der Waals surface area contributed by atoms with Gasteiger partial charge in [0.2, 0.25) is 0 Å². The monoisotopic (exact) mass is 273 g/mol. The number of aliphatic hydroxyl groups is 1. The molecule has 19 heavy (non-hydrogen) atoms. The highest BCUT2D eigenvalue weighted by Gasteiger charge is 2.33. The van der Waals surface area contributed by atoms with Gasteiger partial charge in [-0.05, 0) is 30.5 Å². The Morgan fingerprint density at radius 1 is 1.37 bits per heavy atom. The summed E-state index contributed by atoms with van der Waals surface area (Å²) in [5, 5.41) is 8.96. The summed E-state index contributed by atoms with van der Waals surface area (Å²) < 4.78 is 38.5. The summed E-state index contributed by atoms with van der Waals surface area (Å²) in [6.07, 6.45) is -1.01. The Bertz CT molecular complexity index is 429. The van der Waals surface area contributed by atoms with E-state index in [0.29, 0.717) is 12.2 Å². The number of aliphatic hydroxyl groups excluding tert-OH is 1. The van der Waals surface area contributed by atoms with Crippen LogP contribution in [0.1, 0.15) is 24.0 Å². The number of allylic oxidation sites excluding steroid dienone is 1. The number of unbranched alkanes of at least 4 members (excludes halogenated alkanes) is 1. The first-order valence-corrected chi connectivity index (χ1v) is 6.03. The number of benzene rings is 1. The fourth-order valence-electron chi connectivity index (χ4n) is 1.81. The molecule has 0 aliphatic heterocycles. The number of hydrogen-bond acceptors (Lipinski definition) is 2. The second kappa shape index (κ2) is 6.61. The van der Waals surface area contributed by atoms with Crippen molar-refractivity contribution in [1.29, 1.82) is 0 Å². The summed E-state index contributed by atoms with van der Waals surface area (Å²) in [6.45, 7) is 3.64. The highest BCUT2D eigenvalue weighted by molar-refractivity contribution is 5.51.